The van der Waals surface area contributed by atoms with Crippen LogP contribution in [0, 0.1) is 11.8 Å². The van der Waals surface area contributed by atoms with E-state index in [1.807, 2.05) is 0 Å². The number of hydrogen-bond donors (Lipinski definition) is 2. The monoisotopic (exact) mass is 365 g/mol. The molecule has 1 aromatic rings. The predicted octanol–water partition coefficient (Wildman–Crippen LogP) is 4.38. The van der Waals surface area contributed by atoms with Gasteiger partial charge in [0, 0.05) is 16.7 Å². The number of rotatable bonds is 4. The molecule has 0 aromatic heterocycles. The minimum Gasteiger partial charge on any atom is -0.481 e. The van der Waals surface area contributed by atoms with E-state index in [1.165, 1.54) is 12.1 Å². The van der Waals surface area contributed by atoms with E-state index in [-0.39, 0.29) is 18.2 Å². The van der Waals surface area contributed by atoms with E-state index in [1.54, 1.807) is 0 Å². The third-order valence-corrected chi connectivity index (χ3v) is 4.31. The van der Waals surface area contributed by atoms with E-state index < -0.39 is 23.6 Å². The summed E-state index contributed by atoms with van der Waals surface area (Å²) in [6, 6.07) is 3.91. The fraction of sp³-hybridized carbons (Fsp3) is 0.500. The lowest BCUT2D eigenvalue weighted by atomic mass is 9.96. The van der Waals surface area contributed by atoms with Crippen LogP contribution in [0.25, 0.3) is 0 Å². The van der Waals surface area contributed by atoms with Crippen LogP contribution < -0.4 is 5.32 Å². The van der Waals surface area contributed by atoms with E-state index in [0.29, 0.717) is 10.9 Å². The van der Waals surface area contributed by atoms with E-state index in [9.17, 15) is 18.0 Å². The molecular formula is C14H15BrF3NO2. The van der Waals surface area contributed by atoms with Crippen LogP contribution >= 0.6 is 15.9 Å². The first-order chi connectivity index (χ1) is 9.79. The molecule has 0 bridgehead atoms. The van der Waals surface area contributed by atoms with E-state index in [0.717, 1.165) is 18.9 Å². The average molecular weight is 366 g/mol. The fourth-order valence-corrected chi connectivity index (χ4v) is 3.11. The molecule has 0 spiro atoms. The fourth-order valence-electron chi connectivity index (χ4n) is 2.75. The Bertz CT molecular complexity index is 533. The minimum absolute atomic E-state index is 0.0123. The van der Waals surface area contributed by atoms with E-state index in [2.05, 4.69) is 21.2 Å². The normalized spacial score (nSPS) is 22.3. The Morgan fingerprint density at radius 2 is 2.10 bits per heavy atom. The van der Waals surface area contributed by atoms with E-state index >= 15 is 0 Å². The summed E-state index contributed by atoms with van der Waals surface area (Å²) in [5.41, 5.74) is -0.761. The maximum absolute atomic E-state index is 13.0. The molecule has 1 fully saturated rings. The van der Waals surface area contributed by atoms with Gasteiger partial charge in [-0.15, -0.1) is 0 Å². The van der Waals surface area contributed by atoms with Gasteiger partial charge in [-0.05, 0) is 37.0 Å². The molecule has 1 aliphatic carbocycles. The summed E-state index contributed by atoms with van der Waals surface area (Å²) in [4.78, 5) is 11.1. The van der Waals surface area contributed by atoms with Crippen molar-refractivity contribution in [2.45, 2.75) is 25.4 Å². The van der Waals surface area contributed by atoms with Gasteiger partial charge in [0.05, 0.1) is 11.5 Å². The summed E-state index contributed by atoms with van der Waals surface area (Å²) in [6.07, 6.45) is -2.33. The smallest absolute Gasteiger partial charge is 0.418 e. The Morgan fingerprint density at radius 3 is 2.71 bits per heavy atom. The van der Waals surface area contributed by atoms with Crippen molar-refractivity contribution in [1.82, 2.24) is 0 Å². The first kappa shape index (κ1) is 16.1. The summed E-state index contributed by atoms with van der Waals surface area (Å²) in [7, 11) is 0. The lowest BCUT2D eigenvalue weighted by Gasteiger charge is -2.20. The lowest BCUT2D eigenvalue weighted by molar-refractivity contribution is -0.143. The molecule has 1 aromatic carbocycles. The minimum atomic E-state index is -4.45. The maximum atomic E-state index is 13.0. The quantitative estimate of drug-likeness (QED) is 0.832. The van der Waals surface area contributed by atoms with Gasteiger partial charge in [-0.1, -0.05) is 22.4 Å². The van der Waals surface area contributed by atoms with Gasteiger partial charge in [0.15, 0.2) is 0 Å². The number of aliphatic carboxylic acids is 1. The van der Waals surface area contributed by atoms with Gasteiger partial charge in [0.2, 0.25) is 0 Å². The third kappa shape index (κ3) is 3.90. The van der Waals surface area contributed by atoms with Crippen molar-refractivity contribution in [3.63, 3.8) is 0 Å². The van der Waals surface area contributed by atoms with Gasteiger partial charge in [0.1, 0.15) is 0 Å². The van der Waals surface area contributed by atoms with Gasteiger partial charge in [0.25, 0.3) is 0 Å². The van der Waals surface area contributed by atoms with E-state index in [4.69, 9.17) is 5.11 Å². The Labute approximate surface area is 128 Å². The molecule has 2 rings (SSSR count). The number of carboxylic acid groups (broad SMARTS) is 1. The molecule has 0 saturated heterocycles. The maximum Gasteiger partial charge on any atom is 0.418 e. The predicted molar refractivity (Wildman–Crippen MR) is 76.1 cm³/mol. The second kappa shape index (κ2) is 6.25. The summed E-state index contributed by atoms with van der Waals surface area (Å²) in [6.45, 7) is 0.238. The molecule has 0 aliphatic heterocycles. The average Bonchev–Trinajstić information content (AvgIpc) is 2.84. The number of hydrogen-bond acceptors (Lipinski definition) is 2. The Balaban J connectivity index is 2.12. The zero-order chi connectivity index (χ0) is 15.6. The summed E-state index contributed by atoms with van der Waals surface area (Å²) in [5, 5.41) is 11.9. The molecule has 0 radical (unpaired) electrons. The molecule has 1 aliphatic rings. The summed E-state index contributed by atoms with van der Waals surface area (Å²) < 4.78 is 39.3. The summed E-state index contributed by atoms with van der Waals surface area (Å²) in [5.74, 6) is -1.47. The highest BCUT2D eigenvalue weighted by atomic mass is 79.9. The second-order valence-corrected chi connectivity index (χ2v) is 6.12. The first-order valence-electron chi connectivity index (χ1n) is 6.62. The molecule has 0 heterocycles. The molecular weight excluding hydrogens is 351 g/mol. The molecule has 116 valence electrons. The van der Waals surface area contributed by atoms with Crippen LogP contribution in [0.4, 0.5) is 18.9 Å². The highest BCUT2D eigenvalue weighted by Gasteiger charge is 2.35. The molecule has 21 heavy (non-hydrogen) atoms. The van der Waals surface area contributed by atoms with Crippen molar-refractivity contribution < 1.29 is 23.1 Å². The number of anilines is 1. The third-order valence-electron chi connectivity index (χ3n) is 3.82. The standard InChI is InChI=1S/C14H15BrF3NO2/c15-9-4-5-12(11(6-9)14(16,17)18)19-7-8-2-1-3-10(8)13(20)21/h4-6,8,10,19H,1-3,7H2,(H,20,21). The second-order valence-electron chi connectivity index (χ2n) is 5.20. The van der Waals surface area contributed by atoms with Crippen molar-refractivity contribution >= 4 is 27.6 Å². The molecule has 2 atom stereocenters. The largest absolute Gasteiger partial charge is 0.481 e. The van der Waals surface area contributed by atoms with Crippen LogP contribution in [-0.2, 0) is 11.0 Å². The number of halogens is 4. The molecule has 3 nitrogen and oxygen atoms in total. The highest BCUT2D eigenvalue weighted by molar-refractivity contribution is 9.10. The zero-order valence-electron chi connectivity index (χ0n) is 11.1. The zero-order valence-corrected chi connectivity index (χ0v) is 12.7. The van der Waals surface area contributed by atoms with Gasteiger partial charge >= 0.3 is 12.1 Å². The molecule has 1 saturated carbocycles. The van der Waals surface area contributed by atoms with Crippen LogP contribution in [0.3, 0.4) is 0 Å². The Morgan fingerprint density at radius 1 is 1.38 bits per heavy atom. The summed E-state index contributed by atoms with van der Waals surface area (Å²) >= 11 is 3.03. The molecule has 7 heteroatoms. The Hall–Kier alpha value is -1.24. The van der Waals surface area contributed by atoms with Gasteiger partial charge in [-0.3, -0.25) is 4.79 Å². The topological polar surface area (TPSA) is 49.3 Å². The molecule has 2 N–H and O–H groups in total. The lowest BCUT2D eigenvalue weighted by Crippen LogP contribution is -2.25. The number of nitrogens with one attached hydrogen (secondary N) is 1. The van der Waals surface area contributed by atoms with Crippen molar-refractivity contribution in [2.24, 2.45) is 11.8 Å². The van der Waals surface area contributed by atoms with Gasteiger partial charge in [-0.25, -0.2) is 0 Å². The van der Waals surface area contributed by atoms with Crippen molar-refractivity contribution in [3.05, 3.63) is 28.2 Å². The number of benzene rings is 1. The SMILES string of the molecule is O=C(O)C1CCCC1CNc1ccc(Br)cc1C(F)(F)F. The van der Waals surface area contributed by atoms with Crippen molar-refractivity contribution in [3.8, 4) is 0 Å². The first-order valence-corrected chi connectivity index (χ1v) is 7.41. The van der Waals surface area contributed by atoms with Crippen LogP contribution in [0.5, 0.6) is 0 Å². The highest BCUT2D eigenvalue weighted by Crippen LogP contribution is 2.38. The van der Waals surface area contributed by atoms with Gasteiger partial charge < -0.3 is 10.4 Å². The van der Waals surface area contributed by atoms with Crippen LogP contribution in [0.2, 0.25) is 0 Å². The van der Waals surface area contributed by atoms with Crippen LogP contribution in [-0.4, -0.2) is 17.6 Å². The van der Waals surface area contributed by atoms with Crippen LogP contribution in [0.15, 0.2) is 22.7 Å². The number of carbonyl (C=O) groups is 1. The number of carboxylic acids is 1. The van der Waals surface area contributed by atoms with Crippen molar-refractivity contribution in [1.29, 1.82) is 0 Å². The van der Waals surface area contributed by atoms with Crippen LogP contribution in [0.1, 0.15) is 24.8 Å². The Kier molecular flexibility index (Phi) is 4.81. The molecule has 0 amide bonds. The number of alkyl halides is 3. The van der Waals surface area contributed by atoms with Gasteiger partial charge in [-0.2, -0.15) is 13.2 Å². The van der Waals surface area contributed by atoms with Crippen molar-refractivity contribution in [2.75, 3.05) is 11.9 Å². The molecule has 2 unspecified atom stereocenters.